The zero-order valence-corrected chi connectivity index (χ0v) is 7.36. The van der Waals surface area contributed by atoms with E-state index in [9.17, 15) is 9.59 Å². The highest BCUT2D eigenvalue weighted by Crippen LogP contribution is 2.05. The Morgan fingerprint density at radius 2 is 2.31 bits per heavy atom. The first kappa shape index (κ1) is 9.79. The minimum absolute atomic E-state index is 0.169. The summed E-state index contributed by atoms with van der Waals surface area (Å²) in [4.78, 5) is 23.1. The van der Waals surface area contributed by atoms with Gasteiger partial charge in [0.15, 0.2) is 6.10 Å². The van der Waals surface area contributed by atoms with E-state index in [1.807, 2.05) is 0 Å². The van der Waals surface area contributed by atoms with Crippen LogP contribution < -0.4 is 5.73 Å². The number of hydrogen-bond donors (Lipinski definition) is 1. The van der Waals surface area contributed by atoms with Crippen molar-refractivity contribution in [1.82, 2.24) is 4.90 Å². The van der Waals surface area contributed by atoms with Crippen LogP contribution in [-0.4, -0.2) is 49.8 Å². The molecule has 1 aliphatic heterocycles. The van der Waals surface area contributed by atoms with E-state index in [4.69, 9.17) is 10.5 Å². The quantitative estimate of drug-likeness (QED) is 0.568. The molecule has 13 heavy (non-hydrogen) atoms. The van der Waals surface area contributed by atoms with Gasteiger partial charge in [-0.2, -0.15) is 0 Å². The maximum Gasteiger partial charge on any atom is 0.409 e. The maximum atomic E-state index is 11.0. The summed E-state index contributed by atoms with van der Waals surface area (Å²) in [6, 6.07) is 0. The molecule has 6 heteroatoms. The molecule has 1 aliphatic rings. The smallest absolute Gasteiger partial charge is 0.409 e. The molecule has 2 amide bonds. The minimum Gasteiger partial charge on any atom is -0.453 e. The van der Waals surface area contributed by atoms with Crippen LogP contribution in [0.2, 0.25) is 0 Å². The topological polar surface area (TPSA) is 81.9 Å². The van der Waals surface area contributed by atoms with Crippen LogP contribution in [0.1, 0.15) is 0 Å². The van der Waals surface area contributed by atoms with Crippen molar-refractivity contribution in [3.63, 3.8) is 0 Å². The lowest BCUT2D eigenvalue weighted by Gasteiger charge is -2.29. The largest absolute Gasteiger partial charge is 0.453 e. The van der Waals surface area contributed by atoms with Crippen LogP contribution in [0.3, 0.4) is 0 Å². The molecular formula is C7H12N2O4. The molecule has 1 saturated heterocycles. The van der Waals surface area contributed by atoms with Gasteiger partial charge in [-0.05, 0) is 0 Å². The maximum absolute atomic E-state index is 11.0. The first-order valence-corrected chi connectivity index (χ1v) is 3.89. The molecule has 0 aromatic heterocycles. The second kappa shape index (κ2) is 4.08. The van der Waals surface area contributed by atoms with Crippen LogP contribution in [-0.2, 0) is 14.3 Å². The van der Waals surface area contributed by atoms with Crippen molar-refractivity contribution in [3.05, 3.63) is 0 Å². The van der Waals surface area contributed by atoms with Gasteiger partial charge in [0.25, 0.3) is 0 Å². The summed E-state index contributed by atoms with van der Waals surface area (Å²) < 4.78 is 9.54. The van der Waals surface area contributed by atoms with Gasteiger partial charge in [-0.3, -0.25) is 4.79 Å². The summed E-state index contributed by atoms with van der Waals surface area (Å²) in [6.45, 7) is 0.904. The number of carbonyl (C=O) groups is 2. The third kappa shape index (κ3) is 2.32. The van der Waals surface area contributed by atoms with Crippen LogP contribution >= 0.6 is 0 Å². The Balaban J connectivity index is 2.51. The average molecular weight is 188 g/mol. The fourth-order valence-electron chi connectivity index (χ4n) is 1.12. The summed E-state index contributed by atoms with van der Waals surface area (Å²) in [5, 5.41) is 0. The van der Waals surface area contributed by atoms with E-state index in [-0.39, 0.29) is 6.54 Å². The van der Waals surface area contributed by atoms with Crippen molar-refractivity contribution in [2.24, 2.45) is 5.73 Å². The average Bonchev–Trinajstić information content (AvgIpc) is 2.17. The standard InChI is InChI=1S/C7H12N2O4/c1-12-7(11)9-2-3-13-5(4-9)6(8)10/h5H,2-4H2,1H3,(H2,8,10). The summed E-state index contributed by atoms with van der Waals surface area (Å²) in [5.74, 6) is -0.561. The van der Waals surface area contributed by atoms with Gasteiger partial charge >= 0.3 is 6.09 Å². The number of nitrogens with zero attached hydrogens (tertiary/aromatic N) is 1. The van der Waals surface area contributed by atoms with Gasteiger partial charge in [0.2, 0.25) is 5.91 Å². The molecule has 1 fully saturated rings. The number of morpholine rings is 1. The van der Waals surface area contributed by atoms with Crippen LogP contribution in [0.5, 0.6) is 0 Å². The van der Waals surface area contributed by atoms with Crippen molar-refractivity contribution in [2.75, 3.05) is 26.8 Å². The summed E-state index contributed by atoms with van der Waals surface area (Å²) in [6.07, 6.45) is -1.18. The second-order valence-electron chi connectivity index (χ2n) is 2.68. The highest BCUT2D eigenvalue weighted by molar-refractivity contribution is 5.80. The molecule has 0 aromatic carbocycles. The Labute approximate surface area is 75.6 Å². The van der Waals surface area contributed by atoms with Crippen LogP contribution in [0.4, 0.5) is 4.79 Å². The zero-order valence-electron chi connectivity index (χ0n) is 7.36. The molecule has 1 rings (SSSR count). The van der Waals surface area contributed by atoms with Crippen LogP contribution in [0.25, 0.3) is 0 Å². The van der Waals surface area contributed by atoms with Crippen molar-refractivity contribution in [2.45, 2.75) is 6.10 Å². The highest BCUT2D eigenvalue weighted by atomic mass is 16.5. The Morgan fingerprint density at radius 1 is 1.62 bits per heavy atom. The van der Waals surface area contributed by atoms with Crippen molar-refractivity contribution < 1.29 is 19.1 Å². The number of amides is 2. The van der Waals surface area contributed by atoms with E-state index in [0.29, 0.717) is 13.2 Å². The number of ether oxygens (including phenoxy) is 2. The number of methoxy groups -OCH3 is 1. The molecule has 2 N–H and O–H groups in total. The molecule has 0 radical (unpaired) electrons. The third-order valence-electron chi connectivity index (χ3n) is 1.82. The molecule has 0 bridgehead atoms. The van der Waals surface area contributed by atoms with Gasteiger partial charge in [-0.1, -0.05) is 0 Å². The molecule has 0 aliphatic carbocycles. The lowest BCUT2D eigenvalue weighted by Crippen LogP contribution is -2.50. The number of hydrogen-bond acceptors (Lipinski definition) is 4. The Hall–Kier alpha value is -1.30. The van der Waals surface area contributed by atoms with Gasteiger partial charge in [0.1, 0.15) is 0 Å². The van der Waals surface area contributed by atoms with Crippen molar-refractivity contribution in [1.29, 1.82) is 0 Å². The predicted octanol–water partition coefficient (Wildman–Crippen LogP) is -1.06. The minimum atomic E-state index is -0.715. The van der Waals surface area contributed by atoms with E-state index < -0.39 is 18.1 Å². The van der Waals surface area contributed by atoms with E-state index in [1.165, 1.54) is 12.0 Å². The molecule has 6 nitrogen and oxygen atoms in total. The summed E-state index contributed by atoms with van der Waals surface area (Å²) in [5.41, 5.74) is 5.03. The van der Waals surface area contributed by atoms with E-state index in [2.05, 4.69) is 4.74 Å². The number of rotatable bonds is 1. The normalized spacial score (nSPS) is 22.5. The van der Waals surface area contributed by atoms with E-state index in [1.54, 1.807) is 0 Å². The van der Waals surface area contributed by atoms with Crippen molar-refractivity contribution in [3.8, 4) is 0 Å². The van der Waals surface area contributed by atoms with Gasteiger partial charge in [0, 0.05) is 6.54 Å². The monoisotopic (exact) mass is 188 g/mol. The second-order valence-corrected chi connectivity index (χ2v) is 2.68. The lowest BCUT2D eigenvalue weighted by molar-refractivity contribution is -0.134. The van der Waals surface area contributed by atoms with Gasteiger partial charge in [-0.15, -0.1) is 0 Å². The molecule has 74 valence electrons. The number of primary amides is 1. The van der Waals surface area contributed by atoms with Crippen LogP contribution in [0.15, 0.2) is 0 Å². The Bertz CT molecular complexity index is 219. The molecule has 0 aromatic rings. The fraction of sp³-hybridized carbons (Fsp3) is 0.714. The predicted molar refractivity (Wildman–Crippen MR) is 42.9 cm³/mol. The molecule has 0 saturated carbocycles. The molecule has 1 heterocycles. The zero-order chi connectivity index (χ0) is 9.84. The third-order valence-corrected chi connectivity index (χ3v) is 1.82. The highest BCUT2D eigenvalue weighted by Gasteiger charge is 2.27. The van der Waals surface area contributed by atoms with Crippen molar-refractivity contribution >= 4 is 12.0 Å². The van der Waals surface area contributed by atoms with Gasteiger partial charge in [0.05, 0.1) is 20.3 Å². The number of nitrogens with two attached hydrogens (primary N) is 1. The SMILES string of the molecule is COC(=O)N1CCOC(C(N)=O)C1. The molecule has 1 unspecified atom stereocenters. The number of carbonyl (C=O) groups excluding carboxylic acids is 2. The summed E-state index contributed by atoms with van der Waals surface area (Å²) in [7, 11) is 1.29. The summed E-state index contributed by atoms with van der Waals surface area (Å²) >= 11 is 0. The first-order chi connectivity index (χ1) is 6.15. The first-order valence-electron chi connectivity index (χ1n) is 3.89. The molecular weight excluding hydrogens is 176 g/mol. The van der Waals surface area contributed by atoms with Gasteiger partial charge in [-0.25, -0.2) is 4.79 Å². The van der Waals surface area contributed by atoms with Crippen LogP contribution in [0, 0.1) is 0 Å². The van der Waals surface area contributed by atoms with Gasteiger partial charge < -0.3 is 20.1 Å². The Kier molecular flexibility index (Phi) is 3.07. The Morgan fingerprint density at radius 3 is 2.85 bits per heavy atom. The lowest BCUT2D eigenvalue weighted by atomic mass is 10.3. The molecule has 0 spiro atoms. The molecule has 1 atom stereocenters. The van der Waals surface area contributed by atoms with E-state index in [0.717, 1.165) is 0 Å². The fourth-order valence-corrected chi connectivity index (χ4v) is 1.12. The van der Waals surface area contributed by atoms with E-state index >= 15 is 0 Å².